The monoisotopic (exact) mass is 307 g/mol. The summed E-state index contributed by atoms with van der Waals surface area (Å²) in [5.41, 5.74) is 0. The van der Waals surface area contributed by atoms with Gasteiger partial charge in [0.25, 0.3) is 10.2 Å². The highest BCUT2D eigenvalue weighted by Crippen LogP contribution is 2.05. The molecule has 0 unspecified atom stereocenters. The van der Waals surface area contributed by atoms with E-state index in [1.165, 1.54) is 4.31 Å². The Bertz CT molecular complexity index is 318. The van der Waals surface area contributed by atoms with Crippen molar-refractivity contribution in [3.63, 3.8) is 0 Å². The molecule has 0 spiro atoms. The molecule has 0 aliphatic carbocycles. The topological polar surface area (TPSA) is 61.4 Å². The minimum absolute atomic E-state index is 0.535. The molecule has 122 valence electrons. The van der Waals surface area contributed by atoms with E-state index >= 15 is 0 Å². The van der Waals surface area contributed by atoms with E-state index in [0.717, 1.165) is 45.2 Å². The van der Waals surface area contributed by atoms with Gasteiger partial charge in [-0.2, -0.15) is 12.7 Å². The van der Waals surface area contributed by atoms with E-state index in [1.54, 1.807) is 7.05 Å². The van der Waals surface area contributed by atoms with Crippen LogP contribution in [-0.4, -0.2) is 45.9 Å². The molecule has 2 N–H and O–H groups in total. The van der Waals surface area contributed by atoms with Crippen molar-refractivity contribution in [3.8, 4) is 0 Å². The Morgan fingerprint density at radius 3 is 2.35 bits per heavy atom. The lowest BCUT2D eigenvalue weighted by Gasteiger charge is -2.17. The Balaban J connectivity index is 3.74. The van der Waals surface area contributed by atoms with Gasteiger partial charge in [0.15, 0.2) is 0 Å². The van der Waals surface area contributed by atoms with Gasteiger partial charge in [0.05, 0.1) is 0 Å². The lowest BCUT2D eigenvalue weighted by molar-refractivity contribution is 0.442. The van der Waals surface area contributed by atoms with E-state index in [2.05, 4.69) is 30.8 Å². The quantitative estimate of drug-likeness (QED) is 0.511. The fourth-order valence-corrected chi connectivity index (χ4v) is 2.83. The zero-order valence-electron chi connectivity index (χ0n) is 13.6. The average molecular weight is 308 g/mol. The number of hydrogen-bond donors (Lipinski definition) is 2. The largest absolute Gasteiger partial charge is 0.317 e. The third kappa shape index (κ3) is 10.6. The Hall–Kier alpha value is -0.170. The molecule has 0 atom stereocenters. The van der Waals surface area contributed by atoms with Crippen molar-refractivity contribution in [3.05, 3.63) is 0 Å². The van der Waals surface area contributed by atoms with Gasteiger partial charge in [-0.25, -0.2) is 4.72 Å². The van der Waals surface area contributed by atoms with Gasteiger partial charge in [-0.15, -0.1) is 0 Å². The summed E-state index contributed by atoms with van der Waals surface area (Å²) in [6, 6.07) is 0. The first-order chi connectivity index (χ1) is 9.40. The molecule has 0 saturated heterocycles. The van der Waals surface area contributed by atoms with Crippen LogP contribution in [0.2, 0.25) is 0 Å². The predicted molar refractivity (Wildman–Crippen MR) is 86.0 cm³/mol. The molecule has 0 bridgehead atoms. The maximum absolute atomic E-state index is 11.9. The van der Waals surface area contributed by atoms with Crippen LogP contribution in [0.25, 0.3) is 0 Å². The molecule has 20 heavy (non-hydrogen) atoms. The maximum Gasteiger partial charge on any atom is 0.279 e. The molecule has 0 aromatic rings. The normalized spacial score (nSPS) is 12.5. The lowest BCUT2D eigenvalue weighted by atomic mass is 10.1. The molecule has 0 fully saturated rings. The van der Waals surface area contributed by atoms with Gasteiger partial charge in [-0.3, -0.25) is 0 Å². The fourth-order valence-electron chi connectivity index (χ4n) is 1.84. The molecule has 0 radical (unpaired) electrons. The van der Waals surface area contributed by atoms with E-state index in [4.69, 9.17) is 0 Å². The van der Waals surface area contributed by atoms with Gasteiger partial charge in [0, 0.05) is 20.1 Å². The highest BCUT2D eigenvalue weighted by atomic mass is 32.2. The first-order valence-electron chi connectivity index (χ1n) is 7.81. The summed E-state index contributed by atoms with van der Waals surface area (Å²) >= 11 is 0. The molecule has 0 amide bonds. The second kappa shape index (κ2) is 11.5. The molecular formula is C14H33N3O2S. The van der Waals surface area contributed by atoms with E-state index in [1.807, 2.05) is 0 Å². The average Bonchev–Trinajstić information content (AvgIpc) is 2.37. The first-order valence-corrected chi connectivity index (χ1v) is 9.25. The summed E-state index contributed by atoms with van der Waals surface area (Å²) in [4.78, 5) is 0. The van der Waals surface area contributed by atoms with Crippen LogP contribution >= 0.6 is 0 Å². The maximum atomic E-state index is 11.9. The van der Waals surface area contributed by atoms with E-state index in [0.29, 0.717) is 19.0 Å². The number of nitrogens with one attached hydrogen (secondary N) is 2. The molecule has 0 aromatic heterocycles. The van der Waals surface area contributed by atoms with E-state index < -0.39 is 10.2 Å². The van der Waals surface area contributed by atoms with Gasteiger partial charge < -0.3 is 5.32 Å². The van der Waals surface area contributed by atoms with Crippen molar-refractivity contribution in [2.75, 3.05) is 33.2 Å². The van der Waals surface area contributed by atoms with E-state index in [-0.39, 0.29) is 0 Å². The van der Waals surface area contributed by atoms with Crippen LogP contribution in [0.1, 0.15) is 52.9 Å². The summed E-state index contributed by atoms with van der Waals surface area (Å²) in [6.07, 6.45) is 5.08. The number of rotatable bonds is 13. The molecular weight excluding hydrogens is 274 g/mol. The molecule has 0 heterocycles. The summed E-state index contributed by atoms with van der Waals surface area (Å²) in [6.45, 7) is 9.43. The Labute approximate surface area is 125 Å². The van der Waals surface area contributed by atoms with Crippen LogP contribution in [0.15, 0.2) is 0 Å². The standard InChI is InChI=1S/C14H33N3O2S/c1-5-10-15-11-8-13-17(4)20(18,19)16-12-7-6-9-14(2)3/h14-16H,5-13H2,1-4H3. The smallest absolute Gasteiger partial charge is 0.279 e. The predicted octanol–water partition coefficient (Wildman–Crippen LogP) is 1.97. The Morgan fingerprint density at radius 2 is 1.75 bits per heavy atom. The second-order valence-electron chi connectivity index (χ2n) is 5.71. The minimum Gasteiger partial charge on any atom is -0.317 e. The van der Waals surface area contributed by atoms with Gasteiger partial charge >= 0.3 is 0 Å². The zero-order valence-corrected chi connectivity index (χ0v) is 14.4. The summed E-state index contributed by atoms with van der Waals surface area (Å²) in [5.74, 6) is 0.685. The van der Waals surface area contributed by atoms with Crippen LogP contribution in [0.3, 0.4) is 0 Å². The van der Waals surface area contributed by atoms with Crippen molar-refractivity contribution in [1.82, 2.24) is 14.3 Å². The lowest BCUT2D eigenvalue weighted by Crippen LogP contribution is -2.39. The minimum atomic E-state index is -3.30. The van der Waals surface area contributed by atoms with Crippen molar-refractivity contribution in [2.24, 2.45) is 5.92 Å². The highest BCUT2D eigenvalue weighted by molar-refractivity contribution is 7.87. The summed E-state index contributed by atoms with van der Waals surface area (Å²) in [5, 5.41) is 3.27. The fraction of sp³-hybridized carbons (Fsp3) is 1.00. The zero-order chi connectivity index (χ0) is 15.4. The third-order valence-corrected chi connectivity index (χ3v) is 4.73. The molecule has 0 aliphatic rings. The van der Waals surface area contributed by atoms with E-state index in [9.17, 15) is 8.42 Å². The second-order valence-corrected chi connectivity index (χ2v) is 7.58. The van der Waals surface area contributed by atoms with Crippen LogP contribution in [0.4, 0.5) is 0 Å². The van der Waals surface area contributed by atoms with Gasteiger partial charge in [-0.1, -0.05) is 33.6 Å². The molecule has 0 saturated carbocycles. The van der Waals surface area contributed by atoms with Crippen LogP contribution in [0.5, 0.6) is 0 Å². The van der Waals surface area contributed by atoms with Gasteiger partial charge in [0.1, 0.15) is 0 Å². The molecule has 0 rings (SSSR count). The van der Waals surface area contributed by atoms with Crippen LogP contribution < -0.4 is 10.0 Å². The van der Waals surface area contributed by atoms with Crippen LogP contribution in [-0.2, 0) is 10.2 Å². The van der Waals surface area contributed by atoms with Gasteiger partial charge in [0.2, 0.25) is 0 Å². The molecule has 0 aliphatic heterocycles. The number of hydrogen-bond acceptors (Lipinski definition) is 3. The Morgan fingerprint density at radius 1 is 1.05 bits per heavy atom. The SMILES string of the molecule is CCCNCCCN(C)S(=O)(=O)NCCCCC(C)C. The molecule has 0 aromatic carbocycles. The number of nitrogens with zero attached hydrogens (tertiary/aromatic N) is 1. The Kier molecular flexibility index (Phi) is 11.4. The summed E-state index contributed by atoms with van der Waals surface area (Å²) < 4.78 is 28.0. The number of unbranched alkanes of at least 4 members (excludes halogenated alkanes) is 1. The van der Waals surface area contributed by atoms with Crippen molar-refractivity contribution in [1.29, 1.82) is 0 Å². The van der Waals surface area contributed by atoms with Crippen molar-refractivity contribution in [2.45, 2.75) is 52.9 Å². The van der Waals surface area contributed by atoms with Crippen molar-refractivity contribution >= 4 is 10.2 Å². The van der Waals surface area contributed by atoms with Crippen LogP contribution in [0, 0.1) is 5.92 Å². The first kappa shape index (κ1) is 19.8. The third-order valence-electron chi connectivity index (χ3n) is 3.16. The summed E-state index contributed by atoms with van der Waals surface area (Å²) in [7, 11) is -1.66. The van der Waals surface area contributed by atoms with Crippen molar-refractivity contribution < 1.29 is 8.42 Å². The molecule has 5 nitrogen and oxygen atoms in total. The highest BCUT2D eigenvalue weighted by Gasteiger charge is 2.15. The van der Waals surface area contributed by atoms with Gasteiger partial charge in [-0.05, 0) is 38.3 Å². The molecule has 6 heteroatoms.